The van der Waals surface area contributed by atoms with Gasteiger partial charge in [0.25, 0.3) is 0 Å². The molecule has 0 bridgehead atoms. The van der Waals surface area contributed by atoms with E-state index in [1.807, 2.05) is 30.3 Å². The fourth-order valence-corrected chi connectivity index (χ4v) is 2.23. The zero-order valence-electron chi connectivity index (χ0n) is 14.3. The summed E-state index contributed by atoms with van der Waals surface area (Å²) in [5.41, 5.74) is 6.12. The van der Waals surface area contributed by atoms with Gasteiger partial charge < -0.3 is 21.1 Å². The molecule has 0 aliphatic carbocycles. The van der Waals surface area contributed by atoms with Gasteiger partial charge in [0.05, 0.1) is 7.11 Å². The molecule has 0 spiro atoms. The van der Waals surface area contributed by atoms with Crippen LogP contribution >= 0.6 is 0 Å². The molecular weight excluding hydrogens is 326 g/mol. The minimum absolute atomic E-state index is 0.0197. The van der Waals surface area contributed by atoms with Crippen molar-refractivity contribution < 1.29 is 23.9 Å². The van der Waals surface area contributed by atoms with E-state index in [1.165, 1.54) is 14.0 Å². The number of hydrogen-bond acceptors (Lipinski definition) is 5. The Balaban J connectivity index is 2.78. The summed E-state index contributed by atoms with van der Waals surface area (Å²) in [6.07, 6.45) is 0.217. The molecule has 0 saturated heterocycles. The highest BCUT2D eigenvalue weighted by Gasteiger charge is 2.25. The Hall–Kier alpha value is -2.90. The lowest BCUT2D eigenvalue weighted by molar-refractivity contribution is -0.141. The Bertz CT molecular complexity index is 618. The van der Waals surface area contributed by atoms with Crippen molar-refractivity contribution in [3.05, 3.63) is 35.9 Å². The Morgan fingerprint density at radius 1 is 1.08 bits per heavy atom. The maximum Gasteiger partial charge on any atom is 0.305 e. The third-order valence-electron chi connectivity index (χ3n) is 3.50. The molecule has 4 N–H and O–H groups in total. The lowest BCUT2D eigenvalue weighted by atomic mass is 10.0. The minimum atomic E-state index is -1.03. The molecule has 0 heterocycles. The molecule has 0 aliphatic rings. The Morgan fingerprint density at radius 2 is 1.72 bits per heavy atom. The first-order valence-electron chi connectivity index (χ1n) is 7.81. The van der Waals surface area contributed by atoms with Gasteiger partial charge in [-0.1, -0.05) is 30.3 Å². The van der Waals surface area contributed by atoms with Gasteiger partial charge in [-0.2, -0.15) is 0 Å². The average molecular weight is 349 g/mol. The van der Waals surface area contributed by atoms with E-state index in [2.05, 4.69) is 15.4 Å². The van der Waals surface area contributed by atoms with Gasteiger partial charge in [0.2, 0.25) is 17.7 Å². The Labute approximate surface area is 146 Å². The summed E-state index contributed by atoms with van der Waals surface area (Å²) in [6.45, 7) is 1.30. The fourth-order valence-electron chi connectivity index (χ4n) is 2.23. The normalized spacial score (nSPS) is 12.6. The van der Waals surface area contributed by atoms with Crippen LogP contribution in [0, 0.1) is 0 Å². The van der Waals surface area contributed by atoms with Crippen molar-refractivity contribution in [2.75, 3.05) is 7.11 Å². The quantitative estimate of drug-likeness (QED) is 0.525. The Kier molecular flexibility index (Phi) is 8.11. The number of ether oxygens (including phenoxy) is 1. The van der Waals surface area contributed by atoms with E-state index in [1.54, 1.807) is 0 Å². The number of carbonyl (C=O) groups is 4. The molecule has 25 heavy (non-hydrogen) atoms. The third-order valence-corrected chi connectivity index (χ3v) is 3.50. The second-order valence-corrected chi connectivity index (χ2v) is 5.52. The number of esters is 1. The fraction of sp³-hybridized carbons (Fsp3) is 0.412. The Morgan fingerprint density at radius 3 is 2.24 bits per heavy atom. The molecule has 0 saturated carbocycles. The van der Waals surface area contributed by atoms with Gasteiger partial charge in [-0.25, -0.2) is 0 Å². The van der Waals surface area contributed by atoms with E-state index in [4.69, 9.17) is 5.73 Å². The van der Waals surface area contributed by atoms with Crippen molar-refractivity contribution in [1.82, 2.24) is 10.6 Å². The number of rotatable bonds is 9. The highest BCUT2D eigenvalue weighted by atomic mass is 16.5. The number of amides is 3. The first-order valence-corrected chi connectivity index (χ1v) is 7.81. The predicted molar refractivity (Wildman–Crippen MR) is 90.1 cm³/mol. The highest BCUT2D eigenvalue weighted by molar-refractivity contribution is 5.91. The molecule has 0 fully saturated rings. The molecule has 0 aliphatic heterocycles. The van der Waals surface area contributed by atoms with Crippen LogP contribution in [0.5, 0.6) is 0 Å². The molecule has 0 radical (unpaired) electrons. The van der Waals surface area contributed by atoms with Crippen LogP contribution in [0.25, 0.3) is 0 Å². The average Bonchev–Trinajstić information content (AvgIpc) is 2.57. The van der Waals surface area contributed by atoms with E-state index in [0.717, 1.165) is 5.56 Å². The number of carbonyl (C=O) groups excluding carboxylic acids is 4. The molecule has 1 rings (SSSR count). The summed E-state index contributed by atoms with van der Waals surface area (Å²) in [5, 5.41) is 5.04. The smallest absolute Gasteiger partial charge is 0.305 e. The second-order valence-electron chi connectivity index (χ2n) is 5.52. The highest BCUT2D eigenvalue weighted by Crippen LogP contribution is 2.05. The van der Waals surface area contributed by atoms with Crippen molar-refractivity contribution in [3.8, 4) is 0 Å². The monoisotopic (exact) mass is 349 g/mol. The van der Waals surface area contributed by atoms with Crippen LogP contribution in [-0.4, -0.2) is 42.9 Å². The molecule has 2 atom stereocenters. The van der Waals surface area contributed by atoms with Gasteiger partial charge >= 0.3 is 5.97 Å². The van der Waals surface area contributed by atoms with Crippen LogP contribution in [0.4, 0.5) is 0 Å². The number of methoxy groups -OCH3 is 1. The molecule has 1 aromatic carbocycles. The van der Waals surface area contributed by atoms with Crippen molar-refractivity contribution in [3.63, 3.8) is 0 Å². The van der Waals surface area contributed by atoms with Gasteiger partial charge in [0.1, 0.15) is 12.1 Å². The number of primary amides is 1. The summed E-state index contributed by atoms with van der Waals surface area (Å²) in [7, 11) is 1.23. The van der Waals surface area contributed by atoms with Crippen molar-refractivity contribution in [1.29, 1.82) is 0 Å². The maximum absolute atomic E-state index is 12.5. The number of benzene rings is 1. The van der Waals surface area contributed by atoms with Gasteiger partial charge in [0, 0.05) is 19.8 Å². The molecule has 8 heteroatoms. The summed E-state index contributed by atoms with van der Waals surface area (Å²) in [4.78, 5) is 46.5. The summed E-state index contributed by atoms with van der Waals surface area (Å²) < 4.78 is 4.50. The summed E-state index contributed by atoms with van der Waals surface area (Å²) in [5.74, 6) is -2.20. The standard InChI is InChI=1S/C17H23N3O5/c1-11(21)19-14(10-12-6-4-3-5-7-12)17(24)20-13(16(18)23)8-9-15(22)25-2/h3-7,13-14H,8-10H2,1-2H3,(H2,18,23)(H,19,21)(H,20,24)/t13-,14-/m0/s1. The molecule has 136 valence electrons. The van der Waals surface area contributed by atoms with Crippen LogP contribution < -0.4 is 16.4 Å². The molecular formula is C17H23N3O5. The number of hydrogen-bond donors (Lipinski definition) is 3. The lowest BCUT2D eigenvalue weighted by Crippen LogP contribution is -2.53. The largest absolute Gasteiger partial charge is 0.469 e. The number of nitrogens with one attached hydrogen (secondary N) is 2. The van der Waals surface area contributed by atoms with E-state index in [0.29, 0.717) is 0 Å². The molecule has 3 amide bonds. The second kappa shape index (κ2) is 10.1. The summed E-state index contributed by atoms with van der Waals surface area (Å²) in [6, 6.07) is 7.24. The van der Waals surface area contributed by atoms with Gasteiger partial charge in [-0.05, 0) is 12.0 Å². The third kappa shape index (κ3) is 7.47. The number of nitrogens with two attached hydrogens (primary N) is 1. The van der Waals surface area contributed by atoms with Crippen LogP contribution in [-0.2, 0) is 30.3 Å². The maximum atomic E-state index is 12.5. The van der Waals surface area contributed by atoms with Gasteiger partial charge in [-0.3, -0.25) is 19.2 Å². The zero-order valence-corrected chi connectivity index (χ0v) is 14.3. The lowest BCUT2D eigenvalue weighted by Gasteiger charge is -2.21. The van der Waals surface area contributed by atoms with E-state index < -0.39 is 29.9 Å². The SMILES string of the molecule is COC(=O)CC[C@H](NC(=O)[C@H](Cc1ccccc1)NC(C)=O)C(N)=O. The van der Waals surface area contributed by atoms with Gasteiger partial charge in [0.15, 0.2) is 0 Å². The molecule has 8 nitrogen and oxygen atoms in total. The van der Waals surface area contributed by atoms with Gasteiger partial charge in [-0.15, -0.1) is 0 Å². The predicted octanol–water partition coefficient (Wildman–Crippen LogP) is -0.343. The molecule has 0 unspecified atom stereocenters. The topological polar surface area (TPSA) is 128 Å². The van der Waals surface area contributed by atoms with Crippen LogP contribution in [0.15, 0.2) is 30.3 Å². The van der Waals surface area contributed by atoms with Crippen molar-refractivity contribution in [2.45, 2.75) is 38.3 Å². The first kappa shape index (κ1) is 20.1. The van der Waals surface area contributed by atoms with E-state index >= 15 is 0 Å². The minimum Gasteiger partial charge on any atom is -0.469 e. The van der Waals surface area contributed by atoms with Crippen molar-refractivity contribution in [2.24, 2.45) is 5.73 Å². The first-order chi connectivity index (χ1) is 11.8. The summed E-state index contributed by atoms with van der Waals surface area (Å²) >= 11 is 0. The van der Waals surface area contributed by atoms with E-state index in [-0.39, 0.29) is 25.2 Å². The van der Waals surface area contributed by atoms with E-state index in [9.17, 15) is 19.2 Å². The molecule has 0 aromatic heterocycles. The van der Waals surface area contributed by atoms with Crippen molar-refractivity contribution >= 4 is 23.7 Å². The van der Waals surface area contributed by atoms with Crippen LogP contribution in [0.1, 0.15) is 25.3 Å². The molecule has 1 aromatic rings. The van der Waals surface area contributed by atoms with Crippen LogP contribution in [0.3, 0.4) is 0 Å². The van der Waals surface area contributed by atoms with Crippen LogP contribution in [0.2, 0.25) is 0 Å². The zero-order chi connectivity index (χ0) is 18.8.